The summed E-state index contributed by atoms with van der Waals surface area (Å²) < 4.78 is 3.18. The van der Waals surface area contributed by atoms with Crippen molar-refractivity contribution in [2.24, 2.45) is 0 Å². The highest BCUT2D eigenvalue weighted by Gasteiger charge is 2.08. The van der Waals surface area contributed by atoms with Crippen LogP contribution in [0.4, 0.5) is 11.4 Å². The largest absolute Gasteiger partial charge is 0.399 e. The maximum Gasteiger partial charge on any atom is 0.0501 e. The second-order valence-corrected chi connectivity index (χ2v) is 3.09. The maximum absolute atomic E-state index is 5.58. The third-order valence-electron chi connectivity index (χ3n) is 1.54. The molecule has 3 N–H and O–H groups in total. The fourth-order valence-electron chi connectivity index (χ4n) is 1.01. The Morgan fingerprint density at radius 3 is 3.30 bits per heavy atom. The van der Waals surface area contributed by atoms with Crippen LogP contribution in [0.15, 0.2) is 18.2 Å². The fourth-order valence-corrected chi connectivity index (χ4v) is 1.83. The summed E-state index contributed by atoms with van der Waals surface area (Å²) in [5.74, 6) is 1.05. The standard InChI is InChI=1S/C7H8N2S/c8-6-2-1-5-4-10-9-7(5)3-6/h1-3,9H,4,8H2. The van der Waals surface area contributed by atoms with Crippen molar-refractivity contribution < 1.29 is 0 Å². The minimum atomic E-state index is 0.828. The summed E-state index contributed by atoms with van der Waals surface area (Å²) in [6.07, 6.45) is 0. The SMILES string of the molecule is Nc1ccc2c(c1)NSC2. The molecule has 52 valence electrons. The van der Waals surface area contributed by atoms with Gasteiger partial charge in [-0.2, -0.15) is 0 Å². The molecule has 1 aliphatic heterocycles. The third kappa shape index (κ3) is 0.827. The topological polar surface area (TPSA) is 38.0 Å². The van der Waals surface area contributed by atoms with Gasteiger partial charge in [-0.15, -0.1) is 0 Å². The lowest BCUT2D eigenvalue weighted by atomic mass is 10.2. The van der Waals surface area contributed by atoms with Gasteiger partial charge >= 0.3 is 0 Å². The van der Waals surface area contributed by atoms with Gasteiger partial charge in [0.1, 0.15) is 0 Å². The van der Waals surface area contributed by atoms with Crippen LogP contribution in [0.5, 0.6) is 0 Å². The lowest BCUT2D eigenvalue weighted by Gasteiger charge is -1.97. The molecule has 1 aliphatic rings. The lowest BCUT2D eigenvalue weighted by Crippen LogP contribution is -1.86. The van der Waals surface area contributed by atoms with Crippen LogP contribution in [0.2, 0.25) is 0 Å². The van der Waals surface area contributed by atoms with E-state index in [1.54, 1.807) is 11.9 Å². The van der Waals surface area contributed by atoms with Crippen LogP contribution >= 0.6 is 11.9 Å². The third-order valence-corrected chi connectivity index (χ3v) is 2.36. The number of hydrogen-bond acceptors (Lipinski definition) is 3. The van der Waals surface area contributed by atoms with Gasteiger partial charge in [-0.25, -0.2) is 0 Å². The van der Waals surface area contributed by atoms with E-state index in [-0.39, 0.29) is 0 Å². The predicted molar refractivity (Wildman–Crippen MR) is 45.8 cm³/mol. The van der Waals surface area contributed by atoms with Crippen LogP contribution in [0, 0.1) is 0 Å². The molecule has 2 nitrogen and oxygen atoms in total. The minimum absolute atomic E-state index is 0.828. The summed E-state index contributed by atoms with van der Waals surface area (Å²) in [7, 11) is 0. The Bertz CT molecular complexity index is 260. The minimum Gasteiger partial charge on any atom is -0.399 e. The van der Waals surface area contributed by atoms with Crippen molar-refractivity contribution >= 4 is 23.3 Å². The van der Waals surface area contributed by atoms with Gasteiger partial charge in [0.05, 0.1) is 5.69 Å². The van der Waals surface area contributed by atoms with E-state index in [0.717, 1.165) is 11.4 Å². The molecular weight excluding hydrogens is 144 g/mol. The van der Waals surface area contributed by atoms with Crippen molar-refractivity contribution in [1.82, 2.24) is 0 Å². The summed E-state index contributed by atoms with van der Waals surface area (Å²) in [6, 6.07) is 5.97. The summed E-state index contributed by atoms with van der Waals surface area (Å²) in [5.41, 5.74) is 8.93. The van der Waals surface area contributed by atoms with E-state index in [1.807, 2.05) is 12.1 Å². The van der Waals surface area contributed by atoms with E-state index in [4.69, 9.17) is 5.73 Å². The fraction of sp³-hybridized carbons (Fsp3) is 0.143. The molecule has 0 radical (unpaired) electrons. The first kappa shape index (κ1) is 5.92. The monoisotopic (exact) mass is 152 g/mol. The number of nitrogens with two attached hydrogens (primary N) is 1. The van der Waals surface area contributed by atoms with Crippen LogP contribution < -0.4 is 10.5 Å². The molecule has 0 saturated heterocycles. The molecule has 1 heterocycles. The Morgan fingerprint density at radius 2 is 2.40 bits per heavy atom. The molecule has 0 aromatic heterocycles. The van der Waals surface area contributed by atoms with Gasteiger partial charge in [0.25, 0.3) is 0 Å². The number of nitrogens with one attached hydrogen (secondary N) is 1. The summed E-state index contributed by atoms with van der Waals surface area (Å²) in [6.45, 7) is 0. The van der Waals surface area contributed by atoms with Gasteiger partial charge in [0.15, 0.2) is 0 Å². The van der Waals surface area contributed by atoms with Crippen molar-refractivity contribution in [3.05, 3.63) is 23.8 Å². The van der Waals surface area contributed by atoms with Gasteiger partial charge in [-0.1, -0.05) is 6.07 Å². The highest BCUT2D eigenvalue weighted by atomic mass is 32.2. The molecule has 1 aromatic rings. The zero-order valence-corrected chi connectivity index (χ0v) is 6.24. The quantitative estimate of drug-likeness (QED) is 0.440. The van der Waals surface area contributed by atoms with Gasteiger partial charge in [-0.05, 0) is 29.6 Å². The van der Waals surface area contributed by atoms with E-state index in [1.165, 1.54) is 11.3 Å². The number of hydrogen-bond donors (Lipinski definition) is 2. The van der Waals surface area contributed by atoms with Crippen LogP contribution in [0.25, 0.3) is 0 Å². The molecule has 0 spiro atoms. The van der Waals surface area contributed by atoms with Crippen molar-refractivity contribution in [2.45, 2.75) is 5.75 Å². The molecule has 0 saturated carbocycles. The second kappa shape index (κ2) is 2.09. The van der Waals surface area contributed by atoms with Gasteiger partial charge in [0, 0.05) is 11.4 Å². The van der Waals surface area contributed by atoms with Crippen LogP contribution in [-0.4, -0.2) is 0 Å². The van der Waals surface area contributed by atoms with Crippen LogP contribution in [-0.2, 0) is 5.75 Å². The van der Waals surface area contributed by atoms with E-state index in [2.05, 4.69) is 10.8 Å². The molecule has 0 atom stereocenters. The van der Waals surface area contributed by atoms with E-state index in [0.29, 0.717) is 0 Å². The Balaban J connectivity index is 2.52. The highest BCUT2D eigenvalue weighted by molar-refractivity contribution is 8.00. The predicted octanol–water partition coefficient (Wildman–Crippen LogP) is 1.84. The van der Waals surface area contributed by atoms with Crippen LogP contribution in [0.3, 0.4) is 0 Å². The normalized spacial score (nSPS) is 14.4. The number of nitrogen functional groups attached to an aromatic ring is 1. The molecule has 0 fully saturated rings. The molecule has 1 aromatic carbocycles. The van der Waals surface area contributed by atoms with Crippen molar-refractivity contribution in [3.63, 3.8) is 0 Å². The number of anilines is 2. The van der Waals surface area contributed by atoms with Gasteiger partial charge in [0.2, 0.25) is 0 Å². The smallest absolute Gasteiger partial charge is 0.0501 e. The molecule has 3 heteroatoms. The second-order valence-electron chi connectivity index (χ2n) is 2.31. The van der Waals surface area contributed by atoms with Gasteiger partial charge < -0.3 is 10.5 Å². The number of benzene rings is 1. The molecule has 0 aliphatic carbocycles. The van der Waals surface area contributed by atoms with Crippen LogP contribution in [0.1, 0.15) is 5.56 Å². The average molecular weight is 152 g/mol. The zero-order chi connectivity index (χ0) is 6.97. The molecule has 2 rings (SSSR count). The van der Waals surface area contributed by atoms with Crippen molar-refractivity contribution in [3.8, 4) is 0 Å². The number of rotatable bonds is 0. The summed E-state index contributed by atoms with van der Waals surface area (Å²) in [5, 5.41) is 0. The maximum atomic E-state index is 5.58. The zero-order valence-electron chi connectivity index (χ0n) is 5.42. The molecule has 0 unspecified atom stereocenters. The summed E-state index contributed by atoms with van der Waals surface area (Å²) >= 11 is 1.71. The first-order valence-corrected chi connectivity index (χ1v) is 4.11. The first-order valence-electron chi connectivity index (χ1n) is 3.12. The highest BCUT2D eigenvalue weighted by Crippen LogP contribution is 2.31. The number of fused-ring (bicyclic) bond motifs is 1. The first-order chi connectivity index (χ1) is 4.86. The molecule has 0 amide bonds. The van der Waals surface area contributed by atoms with E-state index in [9.17, 15) is 0 Å². The molecule has 10 heavy (non-hydrogen) atoms. The lowest BCUT2D eigenvalue weighted by molar-refractivity contribution is 1.46. The Kier molecular flexibility index (Phi) is 1.24. The van der Waals surface area contributed by atoms with Crippen molar-refractivity contribution in [1.29, 1.82) is 0 Å². The van der Waals surface area contributed by atoms with Crippen molar-refractivity contribution in [2.75, 3.05) is 10.5 Å². The summed E-state index contributed by atoms with van der Waals surface area (Å²) in [4.78, 5) is 0. The molecule has 0 bridgehead atoms. The Hall–Kier alpha value is -0.830. The Labute approximate surface area is 63.9 Å². The van der Waals surface area contributed by atoms with Gasteiger partial charge in [-0.3, -0.25) is 0 Å². The molecular formula is C7H8N2S. The van der Waals surface area contributed by atoms with E-state index < -0.39 is 0 Å². The van der Waals surface area contributed by atoms with E-state index >= 15 is 0 Å². The Morgan fingerprint density at radius 1 is 1.50 bits per heavy atom. The average Bonchev–Trinajstić information content (AvgIpc) is 2.33.